The number of rotatable bonds is 11. The van der Waals surface area contributed by atoms with Crippen LogP contribution in [-0.2, 0) is 13.0 Å². The third kappa shape index (κ3) is 5.86. The van der Waals surface area contributed by atoms with E-state index in [0.29, 0.717) is 19.1 Å². The van der Waals surface area contributed by atoms with Crippen molar-refractivity contribution in [3.8, 4) is 5.75 Å². The minimum atomic E-state index is -0.00225. The number of imidazole rings is 1. The van der Waals surface area contributed by atoms with Crippen molar-refractivity contribution in [2.45, 2.75) is 52.5 Å². The zero-order chi connectivity index (χ0) is 23.9. The summed E-state index contributed by atoms with van der Waals surface area (Å²) in [5.74, 6) is 2.48. The van der Waals surface area contributed by atoms with Crippen molar-refractivity contribution in [1.29, 1.82) is 0 Å². The van der Waals surface area contributed by atoms with E-state index in [0.717, 1.165) is 53.3 Å². The number of carbonyl (C=O) groups is 1. The topological polar surface area (TPSA) is 56.1 Å². The van der Waals surface area contributed by atoms with Gasteiger partial charge in [-0.3, -0.25) is 4.79 Å². The summed E-state index contributed by atoms with van der Waals surface area (Å²) in [6.07, 6.45) is 2.56. The maximum absolute atomic E-state index is 12.2. The number of hydrogen-bond donors (Lipinski definition) is 1. The molecule has 2 aromatic carbocycles. The minimum Gasteiger partial charge on any atom is -0.493 e. The molecule has 0 saturated carbocycles. The van der Waals surface area contributed by atoms with Gasteiger partial charge in [0.1, 0.15) is 11.6 Å². The monoisotopic (exact) mass is 475 g/mol. The number of aromatic nitrogens is 2. The molecule has 0 fully saturated rings. The molecule has 0 spiro atoms. The van der Waals surface area contributed by atoms with E-state index in [1.807, 2.05) is 23.6 Å². The number of thiophene rings is 1. The molecule has 2 aromatic heterocycles. The lowest BCUT2D eigenvalue weighted by molar-refractivity contribution is 0.0957. The number of carbonyl (C=O) groups excluding carboxylic acids is 1. The van der Waals surface area contributed by atoms with Gasteiger partial charge in [0, 0.05) is 19.5 Å². The number of para-hydroxylation sites is 2. The average Bonchev–Trinajstić information content (AvgIpc) is 3.48. The first-order valence-electron chi connectivity index (χ1n) is 12.0. The molecule has 178 valence electrons. The Kier molecular flexibility index (Phi) is 8.01. The van der Waals surface area contributed by atoms with Crippen LogP contribution in [0, 0.1) is 6.92 Å². The molecule has 0 bridgehead atoms. The zero-order valence-corrected chi connectivity index (χ0v) is 21.0. The van der Waals surface area contributed by atoms with Crippen LogP contribution in [0.4, 0.5) is 0 Å². The van der Waals surface area contributed by atoms with E-state index >= 15 is 0 Å². The third-order valence-corrected chi connectivity index (χ3v) is 6.78. The van der Waals surface area contributed by atoms with Gasteiger partial charge in [0.2, 0.25) is 0 Å². The number of hydrogen-bond acceptors (Lipinski definition) is 4. The van der Waals surface area contributed by atoms with Crippen molar-refractivity contribution in [2.75, 3.05) is 13.2 Å². The highest BCUT2D eigenvalue weighted by atomic mass is 32.1. The van der Waals surface area contributed by atoms with Crippen LogP contribution in [0.15, 0.2) is 60.0 Å². The smallest absolute Gasteiger partial charge is 0.261 e. The van der Waals surface area contributed by atoms with Gasteiger partial charge in [-0.1, -0.05) is 44.2 Å². The second kappa shape index (κ2) is 11.3. The van der Waals surface area contributed by atoms with Gasteiger partial charge in [-0.2, -0.15) is 0 Å². The fourth-order valence-corrected chi connectivity index (χ4v) is 4.80. The molecule has 1 N–H and O–H groups in total. The first kappa shape index (κ1) is 24.0. The summed E-state index contributed by atoms with van der Waals surface area (Å²) in [7, 11) is 0. The molecule has 0 atom stereocenters. The van der Waals surface area contributed by atoms with Crippen molar-refractivity contribution < 1.29 is 9.53 Å². The zero-order valence-electron chi connectivity index (χ0n) is 20.2. The van der Waals surface area contributed by atoms with Crippen LogP contribution in [0.1, 0.15) is 59.2 Å². The second-order valence-electron chi connectivity index (χ2n) is 8.90. The van der Waals surface area contributed by atoms with E-state index in [9.17, 15) is 4.79 Å². The Morgan fingerprint density at radius 1 is 1.12 bits per heavy atom. The highest BCUT2D eigenvalue weighted by Gasteiger charge is 2.12. The molecule has 0 radical (unpaired) electrons. The predicted molar refractivity (Wildman–Crippen MR) is 140 cm³/mol. The largest absolute Gasteiger partial charge is 0.493 e. The van der Waals surface area contributed by atoms with E-state index in [-0.39, 0.29) is 5.91 Å². The fraction of sp³-hybridized carbons (Fsp3) is 0.357. The lowest BCUT2D eigenvalue weighted by Gasteiger charge is -2.15. The van der Waals surface area contributed by atoms with Gasteiger partial charge >= 0.3 is 0 Å². The molecule has 4 aromatic rings. The van der Waals surface area contributed by atoms with Crippen LogP contribution in [0.25, 0.3) is 11.0 Å². The summed E-state index contributed by atoms with van der Waals surface area (Å²) < 4.78 is 8.51. The molecule has 0 aliphatic rings. The van der Waals surface area contributed by atoms with Crippen LogP contribution in [0.3, 0.4) is 0 Å². The van der Waals surface area contributed by atoms with Crippen LogP contribution >= 0.6 is 11.3 Å². The van der Waals surface area contributed by atoms with Gasteiger partial charge in [-0.05, 0) is 66.5 Å². The molecule has 1 amide bonds. The molecule has 6 heteroatoms. The quantitative estimate of drug-likeness (QED) is 0.257. The molecule has 0 unspecified atom stereocenters. The lowest BCUT2D eigenvalue weighted by Crippen LogP contribution is -2.24. The third-order valence-electron chi connectivity index (χ3n) is 5.92. The van der Waals surface area contributed by atoms with E-state index in [4.69, 9.17) is 9.72 Å². The summed E-state index contributed by atoms with van der Waals surface area (Å²) in [5, 5.41) is 4.93. The van der Waals surface area contributed by atoms with Crippen molar-refractivity contribution >= 4 is 28.3 Å². The maximum Gasteiger partial charge on any atom is 0.261 e. The Hall–Kier alpha value is -3.12. The van der Waals surface area contributed by atoms with Gasteiger partial charge in [-0.25, -0.2) is 4.98 Å². The van der Waals surface area contributed by atoms with Crippen LogP contribution < -0.4 is 10.1 Å². The molecule has 4 rings (SSSR count). The summed E-state index contributed by atoms with van der Waals surface area (Å²) in [5.41, 5.74) is 4.64. The highest BCUT2D eigenvalue weighted by molar-refractivity contribution is 7.12. The molecule has 0 saturated heterocycles. The Bertz CT molecular complexity index is 1230. The standard InChI is InChI=1S/C28H33N3O2S/c1-20(2)22-14-13-21(3)19-25(22)33-17-8-16-31-24-10-5-4-9-23(24)30-27(31)12-6-15-29-28(32)26-11-7-18-34-26/h4-5,7,9-11,13-14,18-20H,6,8,12,15-17H2,1-3H3,(H,29,32). The van der Waals surface area contributed by atoms with Gasteiger partial charge in [0.15, 0.2) is 0 Å². The average molecular weight is 476 g/mol. The number of ether oxygens (including phenoxy) is 1. The number of fused-ring (bicyclic) bond motifs is 1. The maximum atomic E-state index is 12.2. The fourth-order valence-electron chi connectivity index (χ4n) is 4.16. The summed E-state index contributed by atoms with van der Waals surface area (Å²) in [4.78, 5) is 17.8. The Balaban J connectivity index is 1.36. The molecular weight excluding hydrogens is 442 g/mol. The van der Waals surface area contributed by atoms with Crippen molar-refractivity contribution in [3.63, 3.8) is 0 Å². The summed E-state index contributed by atoms with van der Waals surface area (Å²) in [6, 6.07) is 18.5. The molecule has 0 aliphatic carbocycles. The second-order valence-corrected chi connectivity index (χ2v) is 9.85. The first-order valence-corrected chi connectivity index (χ1v) is 12.9. The van der Waals surface area contributed by atoms with E-state index < -0.39 is 0 Å². The normalized spacial score (nSPS) is 11.3. The first-order chi connectivity index (χ1) is 16.5. The van der Waals surface area contributed by atoms with Crippen molar-refractivity contribution in [1.82, 2.24) is 14.9 Å². The van der Waals surface area contributed by atoms with E-state index in [1.165, 1.54) is 22.5 Å². The lowest BCUT2D eigenvalue weighted by atomic mass is 10.0. The Labute approximate surface area is 205 Å². The Morgan fingerprint density at radius 2 is 1.97 bits per heavy atom. The number of aryl methyl sites for hydroxylation is 3. The van der Waals surface area contributed by atoms with Crippen molar-refractivity contribution in [3.05, 3.63) is 81.8 Å². The van der Waals surface area contributed by atoms with Gasteiger partial charge in [0.25, 0.3) is 5.91 Å². The SMILES string of the molecule is Cc1ccc(C(C)C)c(OCCCn2c(CCCNC(=O)c3cccs3)nc3ccccc32)c1. The van der Waals surface area contributed by atoms with Crippen LogP contribution in [-0.4, -0.2) is 28.6 Å². The van der Waals surface area contributed by atoms with Crippen LogP contribution in [0.5, 0.6) is 5.75 Å². The summed E-state index contributed by atoms with van der Waals surface area (Å²) >= 11 is 1.46. The van der Waals surface area contributed by atoms with E-state index in [1.54, 1.807) is 0 Å². The van der Waals surface area contributed by atoms with E-state index in [2.05, 4.69) is 67.1 Å². The Morgan fingerprint density at radius 3 is 2.76 bits per heavy atom. The van der Waals surface area contributed by atoms with Crippen LogP contribution in [0.2, 0.25) is 0 Å². The summed E-state index contributed by atoms with van der Waals surface area (Å²) in [6.45, 7) is 8.64. The number of amides is 1. The minimum absolute atomic E-state index is 0.00225. The molecule has 0 aliphatic heterocycles. The molecule has 34 heavy (non-hydrogen) atoms. The number of nitrogens with zero attached hydrogens (tertiary/aromatic N) is 2. The van der Waals surface area contributed by atoms with Gasteiger partial charge in [-0.15, -0.1) is 11.3 Å². The van der Waals surface area contributed by atoms with Crippen molar-refractivity contribution in [2.24, 2.45) is 0 Å². The van der Waals surface area contributed by atoms with Gasteiger partial charge < -0.3 is 14.6 Å². The molecule has 2 heterocycles. The number of benzene rings is 2. The molecule has 5 nitrogen and oxygen atoms in total. The molecular formula is C28H33N3O2S. The predicted octanol–water partition coefficient (Wildman–Crippen LogP) is 6.36. The number of nitrogens with one attached hydrogen (secondary N) is 1. The highest BCUT2D eigenvalue weighted by Crippen LogP contribution is 2.27. The van der Waals surface area contributed by atoms with Gasteiger partial charge in [0.05, 0.1) is 22.5 Å².